The Bertz CT molecular complexity index is 690. The van der Waals surface area contributed by atoms with E-state index in [0.717, 1.165) is 49.6 Å². The number of nitrogens with one attached hydrogen (secondary N) is 1. The Kier molecular flexibility index (Phi) is 4.64. The first-order valence-corrected chi connectivity index (χ1v) is 8.53. The average molecular weight is 327 g/mol. The fraction of sp³-hybridized carbons (Fsp3) is 0.556. The molecule has 1 saturated heterocycles. The van der Waals surface area contributed by atoms with Gasteiger partial charge in [0.2, 0.25) is 5.91 Å². The van der Waals surface area contributed by atoms with Crippen LogP contribution in [-0.4, -0.2) is 43.8 Å². The molecule has 1 fully saturated rings. The largest absolute Gasteiger partial charge is 0.343 e. The van der Waals surface area contributed by atoms with Crippen molar-refractivity contribution in [2.75, 3.05) is 13.1 Å². The molecular formula is C18H25N5O. The molecule has 128 valence electrons. The molecule has 24 heavy (non-hydrogen) atoms. The predicted octanol–water partition coefficient (Wildman–Crippen LogP) is 2.69. The van der Waals surface area contributed by atoms with E-state index in [2.05, 4.69) is 19.9 Å². The number of piperidine rings is 1. The highest BCUT2D eigenvalue weighted by atomic mass is 16.2. The quantitative estimate of drug-likeness (QED) is 0.940. The number of carbonyl (C=O) groups excluding carboxylic acids is 1. The van der Waals surface area contributed by atoms with Crippen LogP contribution in [0.2, 0.25) is 0 Å². The van der Waals surface area contributed by atoms with Gasteiger partial charge in [-0.3, -0.25) is 9.78 Å². The maximum atomic E-state index is 12.5. The maximum absolute atomic E-state index is 12.5. The van der Waals surface area contributed by atoms with E-state index in [0.29, 0.717) is 5.92 Å². The predicted molar refractivity (Wildman–Crippen MR) is 92.1 cm³/mol. The fourth-order valence-electron chi connectivity index (χ4n) is 3.21. The van der Waals surface area contributed by atoms with Crippen LogP contribution >= 0.6 is 0 Å². The number of aromatic amines is 1. The van der Waals surface area contributed by atoms with Gasteiger partial charge in [-0.25, -0.2) is 9.97 Å². The van der Waals surface area contributed by atoms with Crippen molar-refractivity contribution in [3.8, 4) is 11.5 Å². The molecule has 3 heterocycles. The highest BCUT2D eigenvalue weighted by Crippen LogP contribution is 2.25. The van der Waals surface area contributed by atoms with Crippen molar-refractivity contribution in [2.24, 2.45) is 11.3 Å². The minimum absolute atomic E-state index is 0.239. The number of carbonyl (C=O) groups is 1. The van der Waals surface area contributed by atoms with Crippen molar-refractivity contribution >= 4 is 5.91 Å². The number of hydrogen-bond donors (Lipinski definition) is 1. The topological polar surface area (TPSA) is 74.8 Å². The zero-order valence-corrected chi connectivity index (χ0v) is 14.6. The Morgan fingerprint density at radius 3 is 2.92 bits per heavy atom. The van der Waals surface area contributed by atoms with Crippen molar-refractivity contribution in [3.63, 3.8) is 0 Å². The molecule has 1 atom stereocenters. The summed E-state index contributed by atoms with van der Waals surface area (Å²) in [5.41, 5.74) is 1.40. The number of hydrogen-bond acceptors (Lipinski definition) is 4. The van der Waals surface area contributed by atoms with Gasteiger partial charge in [0.1, 0.15) is 5.69 Å². The third-order valence-electron chi connectivity index (χ3n) is 4.37. The highest BCUT2D eigenvalue weighted by Gasteiger charge is 2.31. The maximum Gasteiger partial charge on any atom is 0.227 e. The molecule has 0 saturated carbocycles. The van der Waals surface area contributed by atoms with Crippen LogP contribution in [0.3, 0.4) is 0 Å². The number of aromatic nitrogens is 4. The van der Waals surface area contributed by atoms with Gasteiger partial charge in [0.15, 0.2) is 5.82 Å². The van der Waals surface area contributed by atoms with E-state index in [9.17, 15) is 4.79 Å². The molecule has 3 rings (SSSR count). The molecule has 6 heteroatoms. The van der Waals surface area contributed by atoms with Gasteiger partial charge in [-0.15, -0.1) is 0 Å². The lowest BCUT2D eigenvalue weighted by atomic mass is 9.89. The normalized spacial score (nSPS) is 18.6. The second kappa shape index (κ2) is 6.71. The van der Waals surface area contributed by atoms with Crippen LogP contribution in [0.1, 0.15) is 39.3 Å². The summed E-state index contributed by atoms with van der Waals surface area (Å²) in [7, 11) is 0. The molecule has 0 bridgehead atoms. The van der Waals surface area contributed by atoms with Crippen molar-refractivity contribution in [3.05, 3.63) is 30.5 Å². The molecular weight excluding hydrogens is 302 g/mol. The summed E-state index contributed by atoms with van der Waals surface area (Å²) in [4.78, 5) is 30.8. The zero-order chi connectivity index (χ0) is 17.2. The molecule has 0 radical (unpaired) electrons. The molecule has 0 spiro atoms. The average Bonchev–Trinajstić information content (AvgIpc) is 3.08. The molecule has 0 aliphatic carbocycles. The van der Waals surface area contributed by atoms with Gasteiger partial charge >= 0.3 is 0 Å². The van der Waals surface area contributed by atoms with Crippen LogP contribution < -0.4 is 0 Å². The Morgan fingerprint density at radius 1 is 1.38 bits per heavy atom. The first-order chi connectivity index (χ1) is 11.4. The number of nitrogens with zero attached hydrogens (tertiary/aromatic N) is 4. The molecule has 1 amide bonds. The number of rotatable bonds is 3. The minimum Gasteiger partial charge on any atom is -0.343 e. The van der Waals surface area contributed by atoms with Gasteiger partial charge in [0.05, 0.1) is 11.9 Å². The Morgan fingerprint density at radius 2 is 2.21 bits per heavy atom. The Hall–Kier alpha value is -2.24. The lowest BCUT2D eigenvalue weighted by Crippen LogP contribution is -2.45. The van der Waals surface area contributed by atoms with Gasteiger partial charge in [-0.2, -0.15) is 0 Å². The zero-order valence-electron chi connectivity index (χ0n) is 14.6. The van der Waals surface area contributed by atoms with Gasteiger partial charge in [0.25, 0.3) is 0 Å². The van der Waals surface area contributed by atoms with Crippen LogP contribution in [0, 0.1) is 11.3 Å². The van der Waals surface area contributed by atoms with Crippen LogP contribution in [0.5, 0.6) is 0 Å². The Balaban J connectivity index is 1.68. The summed E-state index contributed by atoms with van der Waals surface area (Å²) in [5.74, 6) is 1.41. The third kappa shape index (κ3) is 3.80. The van der Waals surface area contributed by atoms with E-state index >= 15 is 0 Å². The molecule has 1 N–H and O–H groups in total. The number of H-pyrrole nitrogens is 1. The van der Waals surface area contributed by atoms with Gasteiger partial charge in [0, 0.05) is 37.1 Å². The highest BCUT2D eigenvalue weighted by molar-refractivity contribution is 5.81. The molecule has 2 aromatic rings. The van der Waals surface area contributed by atoms with E-state index in [-0.39, 0.29) is 11.3 Å². The molecule has 1 unspecified atom stereocenters. The summed E-state index contributed by atoms with van der Waals surface area (Å²) < 4.78 is 0. The molecule has 2 aromatic heterocycles. The fourth-order valence-corrected chi connectivity index (χ4v) is 3.21. The molecule has 1 aliphatic rings. The van der Waals surface area contributed by atoms with Gasteiger partial charge in [-0.1, -0.05) is 20.8 Å². The SMILES string of the molecule is CC(C)(C)C(=O)N1CCCC(Cc2cncc(-c3ncc[nH]3)n2)C1. The molecule has 1 aliphatic heterocycles. The van der Waals surface area contributed by atoms with E-state index in [1.54, 1.807) is 18.6 Å². The summed E-state index contributed by atoms with van der Waals surface area (Å²) in [5, 5.41) is 0. The second-order valence-electron chi connectivity index (χ2n) is 7.55. The monoisotopic (exact) mass is 327 g/mol. The molecule has 0 aromatic carbocycles. The Labute approximate surface area is 142 Å². The number of likely N-dealkylation sites (tertiary alicyclic amines) is 1. The first-order valence-electron chi connectivity index (χ1n) is 8.53. The standard InChI is InChI=1S/C18H25N5O/c1-18(2,3)17(24)23-8-4-5-13(12-23)9-14-10-19-11-15(22-14)16-20-6-7-21-16/h6-7,10-11,13H,4-5,8-9,12H2,1-3H3,(H,20,21). The lowest BCUT2D eigenvalue weighted by Gasteiger charge is -2.36. The van der Waals surface area contributed by atoms with Crippen LogP contribution in [0.15, 0.2) is 24.8 Å². The molecule has 6 nitrogen and oxygen atoms in total. The van der Waals surface area contributed by atoms with Crippen LogP contribution in [0.25, 0.3) is 11.5 Å². The summed E-state index contributed by atoms with van der Waals surface area (Å²) in [6.07, 6.45) is 10.0. The van der Waals surface area contributed by atoms with Crippen molar-refractivity contribution in [1.82, 2.24) is 24.8 Å². The number of amides is 1. The van der Waals surface area contributed by atoms with Crippen LogP contribution in [-0.2, 0) is 11.2 Å². The first kappa shape index (κ1) is 16.6. The van der Waals surface area contributed by atoms with Gasteiger partial charge in [-0.05, 0) is 25.2 Å². The summed E-state index contributed by atoms with van der Waals surface area (Å²) in [6.45, 7) is 7.62. The van der Waals surface area contributed by atoms with E-state index < -0.39 is 0 Å². The summed E-state index contributed by atoms with van der Waals surface area (Å²) in [6, 6.07) is 0. The minimum atomic E-state index is -0.319. The van der Waals surface area contributed by atoms with E-state index in [1.165, 1.54) is 0 Å². The smallest absolute Gasteiger partial charge is 0.227 e. The van der Waals surface area contributed by atoms with E-state index in [4.69, 9.17) is 0 Å². The van der Waals surface area contributed by atoms with E-state index in [1.807, 2.05) is 31.9 Å². The lowest BCUT2D eigenvalue weighted by molar-refractivity contribution is -0.141. The van der Waals surface area contributed by atoms with Gasteiger partial charge < -0.3 is 9.88 Å². The number of imidazole rings is 1. The van der Waals surface area contributed by atoms with Crippen LogP contribution in [0.4, 0.5) is 0 Å². The third-order valence-corrected chi connectivity index (χ3v) is 4.37. The van der Waals surface area contributed by atoms with Crippen molar-refractivity contribution in [1.29, 1.82) is 0 Å². The summed E-state index contributed by atoms with van der Waals surface area (Å²) >= 11 is 0. The van der Waals surface area contributed by atoms with Crippen molar-refractivity contribution < 1.29 is 4.79 Å². The second-order valence-corrected chi connectivity index (χ2v) is 7.55. The van der Waals surface area contributed by atoms with Crippen molar-refractivity contribution in [2.45, 2.75) is 40.0 Å².